The van der Waals surface area contributed by atoms with Crippen LogP contribution in [-0.2, 0) is 12.8 Å². The Morgan fingerprint density at radius 2 is 0.523 bits per heavy atom. The summed E-state index contributed by atoms with van der Waals surface area (Å²) < 4.78 is 17.4. The highest BCUT2D eigenvalue weighted by molar-refractivity contribution is 9.11. The standard InChI is InChI=1S/C30H20N2.C18H14BNO2.C18H14BO2.C18H12BrN.C18H13Br.C13H9Br.C13H10.C6H4Br2/c1-2-8-22(9-3-1)32-29-13-7-5-11-24(29)26-19-21(15-17-30(26)32)20-14-16-28-25(18-20)23-10-4-6-12-27(23)31-28;21-19(22)13-10-11-18-16(12-13)15-8-4-5-9-17(15)20(18)14-6-2-1-3-7-14;20-19-21-18-8-4-7-17(13-18)16-11-9-15(10-12-16)14-5-2-1-3-6-14;19-13-10-11-18-16(12-13)15-8-4-5-9-17(15)20(18)14-6-2-1-3-7-14;19-18-8-4-7-17(13-18)16-11-9-15(10-12-16)14-5-2-1-3-6-14;14-11-6-5-10-7-9-3-1-2-4-12(9)13(10)8-11;1-3-7-12-10(5-1)9-11-6-2-4-8-13(11)12;7-5-2-1-3-6(8)4-5/h1-19,31H;1-12,21-22H;1-13,20H;1-12H;1-13H;1-6,8H,7H2;1-8H,9H2;1-4H. The molecule has 0 aliphatic heterocycles. The molecular weight excluding hydrogens is 2150 g/mol. The Kier molecular flexibility index (Phi) is 31.0. The van der Waals surface area contributed by atoms with Gasteiger partial charge in [-0.1, -0.05) is 450 Å². The highest BCUT2D eigenvalue weighted by Crippen LogP contribution is 2.43. The lowest BCUT2D eigenvalue weighted by molar-refractivity contribution is 0.426. The van der Waals surface area contributed by atoms with Crippen LogP contribution >= 0.6 is 79.6 Å². The lowest BCUT2D eigenvalue weighted by atomic mass is 9.80. The number of aromatic nitrogens is 4. The lowest BCUT2D eigenvalue weighted by Crippen LogP contribution is -2.29. The molecule has 0 atom stereocenters. The van der Waals surface area contributed by atoms with E-state index in [1.165, 1.54) is 166 Å². The van der Waals surface area contributed by atoms with Gasteiger partial charge in [0.25, 0.3) is 0 Å². The lowest BCUT2D eigenvalue weighted by Gasteiger charge is -2.08. The summed E-state index contributed by atoms with van der Waals surface area (Å²) in [5.41, 5.74) is 36.8. The summed E-state index contributed by atoms with van der Waals surface area (Å²) in [5, 5.41) is 37.3. The van der Waals surface area contributed by atoms with Crippen molar-refractivity contribution in [1.29, 1.82) is 0 Å². The van der Waals surface area contributed by atoms with Crippen LogP contribution in [0.5, 0.6) is 5.75 Å². The van der Waals surface area contributed by atoms with Gasteiger partial charge in [0.1, 0.15) is 5.75 Å². The van der Waals surface area contributed by atoms with Crippen molar-refractivity contribution in [3.8, 4) is 101 Å². The highest BCUT2D eigenvalue weighted by Gasteiger charge is 2.22. The predicted molar refractivity (Wildman–Crippen MR) is 645 cm³/mol. The minimum atomic E-state index is -1.46. The summed E-state index contributed by atoms with van der Waals surface area (Å²) in [4.78, 5) is 3.53. The second-order valence-corrected chi connectivity index (χ2v) is 40.8. The van der Waals surface area contributed by atoms with Gasteiger partial charge in [0.15, 0.2) is 0 Å². The molecule has 2 aliphatic rings. The first-order chi connectivity index (χ1) is 73.2. The van der Waals surface area contributed by atoms with Crippen molar-refractivity contribution in [3.63, 3.8) is 0 Å². The van der Waals surface area contributed by atoms with Crippen molar-refractivity contribution < 1.29 is 19.7 Å². The number of hydrogen-bond acceptors (Lipinski definition) is 4. The van der Waals surface area contributed by atoms with Crippen molar-refractivity contribution >= 4 is 187 Å². The summed E-state index contributed by atoms with van der Waals surface area (Å²) in [5.74, 6) is 0.613. The number of aromatic amines is 1. The van der Waals surface area contributed by atoms with Crippen molar-refractivity contribution in [2.24, 2.45) is 0 Å². The zero-order valence-corrected chi connectivity index (χ0v) is 88.8. The molecule has 0 bridgehead atoms. The quantitative estimate of drug-likeness (QED) is 0.0970. The van der Waals surface area contributed by atoms with Gasteiger partial charge in [-0.15, -0.1) is 0 Å². The summed E-state index contributed by atoms with van der Waals surface area (Å²) >= 11 is 17.3. The number of benzene rings is 22. The SMILES string of the molecule is Brc1ccc2c(c1)-c1ccccc1C2.Brc1ccc2c(c1)c1ccccc1n2-c1ccccc1.Brc1cccc(-c2ccc(-c3ccccc3)cc2)c1.Brc1cccc(Br)c1.OB(O)c1ccc2c(c1)c1ccccc1n2-c1ccccc1.O[B]Oc1cccc(-c2ccc(-c3ccccc3)cc2)c1.c1ccc(-n2c3ccccc3c3cc(-c4ccc5[nH]c6ccccc6c5c4)ccc32)cc1.c1ccc2c(c1)Cc1ccccc1-2. The van der Waals surface area contributed by atoms with E-state index < -0.39 is 7.12 Å². The van der Waals surface area contributed by atoms with E-state index in [1.807, 2.05) is 121 Å². The molecule has 2 aliphatic carbocycles. The normalized spacial score (nSPS) is 11.2. The maximum absolute atomic E-state index is 9.43. The van der Waals surface area contributed by atoms with Crippen LogP contribution in [0.1, 0.15) is 22.3 Å². The molecule has 28 rings (SSSR count). The Hall–Kier alpha value is -15.8. The first-order valence-corrected chi connectivity index (χ1v) is 53.2. The third kappa shape index (κ3) is 22.6. The van der Waals surface area contributed by atoms with Crippen LogP contribution in [0, 0.1) is 0 Å². The van der Waals surface area contributed by atoms with Gasteiger partial charge in [-0.3, -0.25) is 0 Å². The molecule has 0 fully saturated rings. The topological polar surface area (TPSA) is 100 Å². The largest absolute Gasteiger partial charge is 0.569 e. The fraction of sp³-hybridized carbons (Fsp3) is 0.0149. The van der Waals surface area contributed by atoms with E-state index in [9.17, 15) is 10.0 Å². The van der Waals surface area contributed by atoms with Crippen LogP contribution in [0.15, 0.2) is 556 Å². The first-order valence-electron chi connectivity index (χ1n) is 49.3. The maximum Gasteiger partial charge on any atom is 0.569 e. The van der Waals surface area contributed by atoms with Crippen LogP contribution in [0.2, 0.25) is 0 Å². The third-order valence-electron chi connectivity index (χ3n) is 26.9. The van der Waals surface area contributed by atoms with Gasteiger partial charge < -0.3 is 38.4 Å². The molecule has 0 saturated carbocycles. The number of hydrogen-bond donors (Lipinski definition) is 4. The molecule has 4 aromatic heterocycles. The summed E-state index contributed by atoms with van der Waals surface area (Å²) in [6.45, 7) is 0. The molecule has 26 aromatic rings. The van der Waals surface area contributed by atoms with E-state index in [0.717, 1.165) is 73.8 Å². The molecule has 4 N–H and O–H groups in total. The van der Waals surface area contributed by atoms with Gasteiger partial charge in [0, 0.05) is 93.5 Å². The molecular formula is C134H96B2Br5N4O4. The van der Waals surface area contributed by atoms with Crippen molar-refractivity contribution in [1.82, 2.24) is 18.7 Å². The molecule has 149 heavy (non-hydrogen) atoms. The Morgan fingerprint density at radius 3 is 0.993 bits per heavy atom. The number of fused-ring (bicyclic) bond motifs is 18. The smallest absolute Gasteiger partial charge is 0.537 e. The van der Waals surface area contributed by atoms with Gasteiger partial charge in [-0.05, 0) is 282 Å². The average Bonchev–Trinajstić information content (AvgIpc) is 1.63. The number of nitrogens with zero attached hydrogens (tertiary/aromatic N) is 3. The number of para-hydroxylation sites is 7. The van der Waals surface area contributed by atoms with Crippen LogP contribution in [0.25, 0.3) is 182 Å². The Bertz CT molecular complexity index is 9150. The molecule has 4 heterocycles. The summed E-state index contributed by atoms with van der Waals surface area (Å²) in [6.07, 6.45) is 2.19. The Labute approximate surface area is 909 Å². The number of H-pyrrole nitrogens is 1. The molecule has 15 heteroatoms. The van der Waals surface area contributed by atoms with Crippen LogP contribution in [-0.4, -0.2) is 48.6 Å². The molecule has 717 valence electrons. The Balaban J connectivity index is 0.000000102. The molecule has 0 amide bonds. The second-order valence-electron chi connectivity index (χ2n) is 36.3. The van der Waals surface area contributed by atoms with Crippen LogP contribution < -0.4 is 10.1 Å². The highest BCUT2D eigenvalue weighted by atomic mass is 79.9. The van der Waals surface area contributed by atoms with Gasteiger partial charge in [-0.25, -0.2) is 0 Å². The predicted octanol–water partition coefficient (Wildman–Crippen LogP) is 36.3. The first kappa shape index (κ1) is 99.2. The number of nitrogens with one attached hydrogen (secondary N) is 1. The molecule has 8 nitrogen and oxygen atoms in total. The van der Waals surface area contributed by atoms with E-state index in [1.54, 1.807) is 12.1 Å². The molecule has 0 unspecified atom stereocenters. The minimum absolute atomic E-state index is 0.503. The molecule has 1 radical (unpaired) electrons. The van der Waals surface area contributed by atoms with E-state index in [0.29, 0.717) is 18.9 Å². The zero-order chi connectivity index (χ0) is 101. The average molecular weight is 2250 g/mol. The van der Waals surface area contributed by atoms with E-state index in [-0.39, 0.29) is 0 Å². The molecule has 0 spiro atoms. The summed E-state index contributed by atoms with van der Waals surface area (Å²) in [6, 6.07) is 185. The fourth-order valence-corrected chi connectivity index (χ4v) is 22.2. The van der Waals surface area contributed by atoms with Crippen molar-refractivity contribution in [2.75, 3.05) is 0 Å². The van der Waals surface area contributed by atoms with E-state index in [2.05, 4.69) is 499 Å². The number of halogens is 5. The van der Waals surface area contributed by atoms with Crippen molar-refractivity contribution in [2.45, 2.75) is 12.8 Å². The van der Waals surface area contributed by atoms with E-state index in [4.69, 9.17) is 9.68 Å². The monoisotopic (exact) mass is 2240 g/mol. The van der Waals surface area contributed by atoms with Crippen LogP contribution in [0.4, 0.5) is 0 Å². The Morgan fingerprint density at radius 1 is 0.215 bits per heavy atom. The van der Waals surface area contributed by atoms with Crippen molar-refractivity contribution in [3.05, 3.63) is 578 Å². The number of rotatable bonds is 11. The second kappa shape index (κ2) is 46.5. The zero-order valence-electron chi connectivity index (χ0n) is 80.9. The van der Waals surface area contributed by atoms with Gasteiger partial charge >= 0.3 is 14.8 Å². The van der Waals surface area contributed by atoms with Gasteiger partial charge in [-0.2, -0.15) is 0 Å². The minimum Gasteiger partial charge on any atom is -0.537 e. The van der Waals surface area contributed by atoms with Gasteiger partial charge in [0.05, 0.1) is 33.1 Å². The third-order valence-corrected chi connectivity index (χ3v) is 29.4. The summed E-state index contributed by atoms with van der Waals surface area (Å²) in [7, 11) is -0.763. The fourth-order valence-electron chi connectivity index (χ4n) is 19.9. The van der Waals surface area contributed by atoms with E-state index >= 15 is 0 Å². The maximum atomic E-state index is 9.43. The van der Waals surface area contributed by atoms with Gasteiger partial charge in [0.2, 0.25) is 0 Å². The molecule has 22 aromatic carbocycles. The molecule has 0 saturated heterocycles. The van der Waals surface area contributed by atoms with Crippen LogP contribution in [0.3, 0.4) is 0 Å².